The molecule has 1 saturated heterocycles. The zero-order chi connectivity index (χ0) is 16.6. The molecule has 0 radical (unpaired) electrons. The summed E-state index contributed by atoms with van der Waals surface area (Å²) in [6.07, 6.45) is -3.27. The molecule has 0 amide bonds. The predicted molar refractivity (Wildman–Crippen MR) is 86.7 cm³/mol. The van der Waals surface area contributed by atoms with Crippen LogP contribution in [-0.4, -0.2) is 48.2 Å². The Morgan fingerprint density at radius 2 is 2.22 bits per heavy atom. The maximum absolute atomic E-state index is 14.2. The first kappa shape index (κ1) is 16.5. The molecule has 0 aliphatic carbocycles. The summed E-state index contributed by atoms with van der Waals surface area (Å²) >= 11 is 0. The van der Waals surface area contributed by atoms with Gasteiger partial charge in [-0.05, 0) is 36.4 Å². The van der Waals surface area contributed by atoms with E-state index in [2.05, 4.69) is 5.32 Å². The summed E-state index contributed by atoms with van der Waals surface area (Å²) in [5, 5.41) is 5.10. The molecule has 1 fully saturated rings. The Hall–Kier alpha value is -1.31. The van der Waals surface area contributed by atoms with E-state index < -0.39 is 29.8 Å². The van der Waals surface area contributed by atoms with E-state index in [0.717, 1.165) is 6.54 Å². The molecule has 0 saturated carbocycles. The Morgan fingerprint density at radius 1 is 1.43 bits per heavy atom. The average molecular weight is 344 g/mol. The molecule has 126 valence electrons. The lowest BCUT2D eigenvalue weighted by molar-refractivity contribution is 0.149. The topological polar surface area (TPSA) is 38.3 Å². The number of fused-ring (bicyclic) bond motifs is 1. The van der Waals surface area contributed by atoms with Crippen LogP contribution in [0.2, 0.25) is 0 Å². The number of piperidine rings is 1. The minimum atomic E-state index is -2.48. The molecule has 1 aliphatic heterocycles. The van der Waals surface area contributed by atoms with Crippen LogP contribution in [0.4, 0.5) is 18.9 Å². The third kappa shape index (κ3) is 3.46. The second kappa shape index (κ2) is 6.67. The van der Waals surface area contributed by atoms with Gasteiger partial charge in [-0.25, -0.2) is 13.2 Å². The molecular weight excluding hydrogens is 325 g/mol. The third-order valence-corrected chi connectivity index (χ3v) is 5.61. The van der Waals surface area contributed by atoms with E-state index in [1.807, 2.05) is 11.9 Å². The van der Waals surface area contributed by atoms with Gasteiger partial charge >= 0.3 is 0 Å². The van der Waals surface area contributed by atoms with E-state index in [9.17, 15) is 17.7 Å². The number of anilines is 1. The van der Waals surface area contributed by atoms with Gasteiger partial charge < -0.3 is 14.8 Å². The number of rotatable bonds is 4. The molecule has 0 bridgehead atoms. The molecule has 1 N–H and O–H groups in total. The van der Waals surface area contributed by atoms with Crippen LogP contribution < -0.4 is 5.32 Å². The van der Waals surface area contributed by atoms with Gasteiger partial charge in [-0.3, -0.25) is 0 Å². The number of nitrogens with one attached hydrogen (secondary N) is 1. The Kier molecular flexibility index (Phi) is 4.79. The molecule has 0 spiro atoms. The fourth-order valence-electron chi connectivity index (χ4n) is 3.12. The molecular formula is C16H19F3N2OS. The van der Waals surface area contributed by atoms with Gasteiger partial charge in [-0.2, -0.15) is 0 Å². The van der Waals surface area contributed by atoms with Gasteiger partial charge in [-0.15, -0.1) is 0 Å². The fraction of sp³-hybridized carbons (Fsp3) is 0.500. The van der Waals surface area contributed by atoms with Crippen molar-refractivity contribution in [2.45, 2.75) is 31.5 Å². The highest BCUT2D eigenvalue weighted by atomic mass is 32.2. The highest BCUT2D eigenvalue weighted by Crippen LogP contribution is 2.39. The van der Waals surface area contributed by atoms with Crippen LogP contribution in [-0.2, 0) is 6.42 Å². The molecule has 2 heterocycles. The Bertz CT molecular complexity index is 691. The third-order valence-electron chi connectivity index (χ3n) is 4.27. The number of alkyl halides is 3. The maximum Gasteiger partial charge on any atom is 0.242 e. The van der Waals surface area contributed by atoms with Gasteiger partial charge in [0.15, 0.2) is 0 Å². The van der Waals surface area contributed by atoms with E-state index in [4.69, 9.17) is 0 Å². The van der Waals surface area contributed by atoms with E-state index in [-0.39, 0.29) is 6.04 Å². The van der Waals surface area contributed by atoms with E-state index in [1.165, 1.54) is 5.38 Å². The Balaban J connectivity index is 1.91. The molecule has 3 nitrogen and oxygen atoms in total. The van der Waals surface area contributed by atoms with Crippen LogP contribution >= 0.6 is 10.8 Å². The van der Waals surface area contributed by atoms with Crippen LogP contribution in [0.3, 0.4) is 0 Å². The highest BCUT2D eigenvalue weighted by molar-refractivity contribution is 7.30. The molecule has 2 aromatic rings. The highest BCUT2D eigenvalue weighted by Gasteiger charge is 2.29. The summed E-state index contributed by atoms with van der Waals surface area (Å²) in [6.45, 7) is 1.13. The summed E-state index contributed by atoms with van der Waals surface area (Å²) < 4.78 is 52.3. The lowest BCUT2D eigenvalue weighted by Gasteiger charge is -2.33. The van der Waals surface area contributed by atoms with Crippen LogP contribution in [0, 0.1) is 0 Å². The first-order chi connectivity index (χ1) is 11.0. The van der Waals surface area contributed by atoms with Crippen molar-refractivity contribution in [1.29, 1.82) is 0 Å². The van der Waals surface area contributed by atoms with Gasteiger partial charge in [-0.1, -0.05) is 6.07 Å². The van der Waals surface area contributed by atoms with E-state index >= 15 is 0 Å². The van der Waals surface area contributed by atoms with Crippen LogP contribution in [0.25, 0.3) is 10.1 Å². The fourth-order valence-corrected chi connectivity index (χ4v) is 4.47. The smallest absolute Gasteiger partial charge is 0.242 e. The molecule has 1 aliphatic rings. The maximum atomic E-state index is 14.2. The normalized spacial score (nSPS) is 23.7. The minimum absolute atomic E-state index is 0.352. The van der Waals surface area contributed by atoms with Crippen molar-refractivity contribution < 1.29 is 17.7 Å². The van der Waals surface area contributed by atoms with E-state index in [0.29, 0.717) is 34.3 Å². The predicted octanol–water partition coefficient (Wildman–Crippen LogP) is 3.83. The number of halogens is 3. The Morgan fingerprint density at radius 3 is 2.91 bits per heavy atom. The molecule has 23 heavy (non-hydrogen) atoms. The average Bonchev–Trinajstić information content (AvgIpc) is 2.79. The van der Waals surface area contributed by atoms with Crippen molar-refractivity contribution in [2.75, 3.05) is 25.5 Å². The summed E-state index contributed by atoms with van der Waals surface area (Å²) in [5.74, 6) is 0. The zero-order valence-corrected chi connectivity index (χ0v) is 13.6. The number of likely N-dealkylation sites (tertiary alicyclic amines) is 1. The van der Waals surface area contributed by atoms with Crippen molar-refractivity contribution in [3.8, 4) is 0 Å². The van der Waals surface area contributed by atoms with Gasteiger partial charge in [0.25, 0.3) is 0 Å². The number of hydrogen-bond acceptors (Lipinski definition) is 3. The van der Waals surface area contributed by atoms with Crippen LogP contribution in [0.1, 0.15) is 12.0 Å². The van der Waals surface area contributed by atoms with Gasteiger partial charge in [0.2, 0.25) is 11.1 Å². The van der Waals surface area contributed by atoms with E-state index in [1.54, 1.807) is 18.2 Å². The van der Waals surface area contributed by atoms with Gasteiger partial charge in [0.1, 0.15) is 11.6 Å². The number of benzene rings is 1. The van der Waals surface area contributed by atoms with Gasteiger partial charge in [0, 0.05) is 30.5 Å². The quantitative estimate of drug-likeness (QED) is 0.857. The monoisotopic (exact) mass is 344 g/mol. The number of thiophene rings is 1. The van der Waals surface area contributed by atoms with Crippen molar-refractivity contribution in [3.05, 3.63) is 29.1 Å². The molecule has 7 heteroatoms. The molecule has 3 unspecified atom stereocenters. The molecule has 1 aromatic carbocycles. The van der Waals surface area contributed by atoms with Crippen molar-refractivity contribution >= 4 is 26.5 Å². The molecule has 1 aromatic heterocycles. The SMILES string of the molecule is CN1CCC(Nc2cccc3c(CC(F)F)c[s+]([O-])c23)C(F)C1. The van der Waals surface area contributed by atoms with Crippen LogP contribution in [0.5, 0.6) is 0 Å². The number of nitrogens with zero attached hydrogens (tertiary/aromatic N) is 1. The lowest BCUT2D eigenvalue weighted by atomic mass is 10.0. The standard InChI is InChI=1S/C16H19F3N2OS/c1-21-6-5-13(12(17)8-21)20-14-4-2-3-11-10(7-15(18)19)9-23(22)16(11)14/h2-4,9,12-13,15,20H,5-8H2,1H3. The summed E-state index contributed by atoms with van der Waals surface area (Å²) in [4.78, 5) is 1.93. The second-order valence-corrected chi connectivity index (χ2v) is 7.27. The van der Waals surface area contributed by atoms with Crippen molar-refractivity contribution in [3.63, 3.8) is 0 Å². The van der Waals surface area contributed by atoms with Crippen molar-refractivity contribution in [2.24, 2.45) is 0 Å². The molecule has 3 atom stereocenters. The largest absolute Gasteiger partial charge is 0.590 e. The van der Waals surface area contributed by atoms with Crippen molar-refractivity contribution in [1.82, 2.24) is 4.90 Å². The summed E-state index contributed by atoms with van der Waals surface area (Å²) in [7, 11) is 0.404. The summed E-state index contributed by atoms with van der Waals surface area (Å²) in [5.41, 5.74) is 0.982. The molecule has 3 rings (SSSR count). The lowest BCUT2D eigenvalue weighted by Crippen LogP contribution is -2.46. The first-order valence-corrected chi connectivity index (χ1v) is 8.79. The van der Waals surface area contributed by atoms with Crippen LogP contribution in [0.15, 0.2) is 23.6 Å². The first-order valence-electron chi connectivity index (χ1n) is 7.57. The minimum Gasteiger partial charge on any atom is -0.590 e. The zero-order valence-electron chi connectivity index (χ0n) is 12.8. The van der Waals surface area contributed by atoms with Gasteiger partial charge in [0.05, 0.1) is 11.7 Å². The Labute approximate surface area is 135 Å². The summed E-state index contributed by atoms with van der Waals surface area (Å²) in [6, 6.07) is 4.81. The second-order valence-electron chi connectivity index (χ2n) is 6.04. The number of hydrogen-bond donors (Lipinski definition) is 1.